The lowest BCUT2D eigenvalue weighted by atomic mass is 9.57. The maximum Gasteiger partial charge on any atom is 0.542 e. The van der Waals surface area contributed by atoms with E-state index >= 15 is 0 Å². The number of fused-ring (bicyclic) bond motifs is 3. The molecule has 0 saturated carbocycles. The lowest BCUT2D eigenvalue weighted by molar-refractivity contribution is -0.523. The Kier molecular flexibility index (Phi) is 7.26. The van der Waals surface area contributed by atoms with Gasteiger partial charge >= 0.3 is 6.98 Å². The molecule has 3 aromatic carbocycles. The molecule has 5 rings (SSSR count). The molecule has 2 heterocycles. The predicted molar refractivity (Wildman–Crippen MR) is 168 cm³/mol. The van der Waals surface area contributed by atoms with E-state index in [0.29, 0.717) is 23.7 Å². The fraction of sp³-hybridized carbons (Fsp3) is 0.400. The predicted octanol–water partition coefficient (Wildman–Crippen LogP) is 8.18. The van der Waals surface area contributed by atoms with E-state index in [1.165, 1.54) is 56.0 Å². The Hall–Kier alpha value is -3.27. The molecule has 202 valence electrons. The van der Waals surface area contributed by atoms with E-state index in [1.54, 1.807) is 0 Å². The van der Waals surface area contributed by atoms with Gasteiger partial charge in [-0.2, -0.15) is 0 Å². The normalized spacial score (nSPS) is 13.2. The van der Waals surface area contributed by atoms with E-state index in [0.717, 1.165) is 0 Å². The van der Waals surface area contributed by atoms with Crippen molar-refractivity contribution in [3.05, 3.63) is 94.8 Å². The second-order valence-electron chi connectivity index (χ2n) is 12.6. The number of anilines is 2. The minimum absolute atomic E-state index is 0.00361. The lowest BCUT2D eigenvalue weighted by Gasteiger charge is -2.39. The van der Waals surface area contributed by atoms with E-state index in [2.05, 4.69) is 150 Å². The van der Waals surface area contributed by atoms with Crippen LogP contribution >= 0.6 is 0 Å². The molecule has 0 atom stereocenters. The highest BCUT2D eigenvalue weighted by molar-refractivity contribution is 6.72. The molecule has 0 N–H and O–H groups in total. The molecule has 0 spiro atoms. The molecular formula is C35H45BN3+. The van der Waals surface area contributed by atoms with Gasteiger partial charge in [-0.1, -0.05) is 104 Å². The largest absolute Gasteiger partial charge is 0.542 e. The minimum Gasteiger partial charge on any atom is -0.338 e. The van der Waals surface area contributed by atoms with E-state index in [1.807, 2.05) is 0 Å². The van der Waals surface area contributed by atoms with Gasteiger partial charge in [0.25, 0.3) is 5.82 Å². The van der Waals surface area contributed by atoms with Crippen molar-refractivity contribution in [1.82, 2.24) is 4.57 Å². The highest BCUT2D eigenvalue weighted by Gasteiger charge is 2.49. The highest BCUT2D eigenvalue weighted by Crippen LogP contribution is 2.45. The third-order valence-corrected chi connectivity index (χ3v) is 8.53. The summed E-state index contributed by atoms with van der Waals surface area (Å²) >= 11 is 0. The first kappa shape index (κ1) is 27.3. The Morgan fingerprint density at radius 3 is 1.67 bits per heavy atom. The molecule has 1 aliphatic rings. The van der Waals surface area contributed by atoms with Crippen molar-refractivity contribution in [2.24, 2.45) is 7.05 Å². The summed E-state index contributed by atoms with van der Waals surface area (Å²) in [6.45, 7) is 21.0. The Balaban J connectivity index is 1.99. The zero-order valence-electron chi connectivity index (χ0n) is 25.6. The van der Waals surface area contributed by atoms with Crippen molar-refractivity contribution in [2.45, 2.75) is 86.0 Å². The highest BCUT2D eigenvalue weighted by atomic mass is 15.2. The minimum atomic E-state index is 0.00361. The standard InChI is InChI=1S/C35H45BN3/c1-22(2)27-15-12-16-28(23(3)4)33(27)36-38-21-20-37(10)35(38)32-26(9)14-11-19-31(32)39(36)34-29(24(5)6)17-13-18-30(34)25(7)8/h11-25H,1-10H3/q+1. The SMILES string of the molecule is Cc1cccc2c1-c1n(C)cc[n+]1B(c1c(C(C)C)cccc1C(C)C)N2c1c(C(C)C)cccc1C(C)C. The van der Waals surface area contributed by atoms with Crippen LogP contribution in [0.25, 0.3) is 11.4 Å². The van der Waals surface area contributed by atoms with Crippen molar-refractivity contribution < 1.29 is 4.48 Å². The van der Waals surface area contributed by atoms with Crippen molar-refractivity contribution in [1.29, 1.82) is 0 Å². The smallest absolute Gasteiger partial charge is 0.338 e. The van der Waals surface area contributed by atoms with Gasteiger partial charge in [0.15, 0.2) is 0 Å². The van der Waals surface area contributed by atoms with Gasteiger partial charge in [0.1, 0.15) is 12.4 Å². The quantitative estimate of drug-likeness (QED) is 0.235. The van der Waals surface area contributed by atoms with Crippen LogP contribution in [-0.4, -0.2) is 11.5 Å². The first-order valence-corrected chi connectivity index (χ1v) is 14.8. The monoisotopic (exact) mass is 518 g/mol. The second-order valence-corrected chi connectivity index (χ2v) is 12.6. The number of nitrogens with zero attached hydrogens (tertiary/aromatic N) is 3. The van der Waals surface area contributed by atoms with Gasteiger partial charge in [0, 0.05) is 16.8 Å². The molecule has 0 amide bonds. The van der Waals surface area contributed by atoms with E-state index in [-0.39, 0.29) is 6.98 Å². The number of hydrogen-bond acceptors (Lipinski definition) is 1. The number of aromatic nitrogens is 2. The fourth-order valence-electron chi connectivity index (χ4n) is 6.61. The summed E-state index contributed by atoms with van der Waals surface area (Å²) in [5.74, 6) is 2.90. The molecule has 0 unspecified atom stereocenters. The summed E-state index contributed by atoms with van der Waals surface area (Å²) in [5, 5.41) is 0. The molecule has 39 heavy (non-hydrogen) atoms. The summed E-state index contributed by atoms with van der Waals surface area (Å²) in [6.07, 6.45) is 4.53. The molecule has 3 nitrogen and oxygen atoms in total. The number of hydrogen-bond donors (Lipinski definition) is 0. The van der Waals surface area contributed by atoms with Gasteiger partial charge in [-0.05, 0) is 64.5 Å². The van der Waals surface area contributed by atoms with Crippen molar-refractivity contribution in [3.8, 4) is 11.4 Å². The maximum absolute atomic E-state index is 2.70. The van der Waals surface area contributed by atoms with E-state index in [4.69, 9.17) is 0 Å². The van der Waals surface area contributed by atoms with Gasteiger partial charge in [-0.3, -0.25) is 4.48 Å². The zero-order chi connectivity index (χ0) is 28.2. The Morgan fingerprint density at radius 2 is 1.15 bits per heavy atom. The van der Waals surface area contributed by atoms with E-state index < -0.39 is 0 Å². The van der Waals surface area contributed by atoms with Crippen LogP contribution in [0.4, 0.5) is 11.4 Å². The first-order chi connectivity index (χ1) is 18.5. The van der Waals surface area contributed by atoms with Crippen LogP contribution in [0.2, 0.25) is 0 Å². The van der Waals surface area contributed by atoms with Crippen molar-refractivity contribution >= 4 is 23.8 Å². The van der Waals surface area contributed by atoms with Gasteiger partial charge in [0.2, 0.25) is 0 Å². The van der Waals surface area contributed by atoms with Gasteiger partial charge in [-0.25, -0.2) is 4.57 Å². The third-order valence-electron chi connectivity index (χ3n) is 8.53. The number of para-hydroxylation sites is 1. The summed E-state index contributed by atoms with van der Waals surface area (Å²) < 4.78 is 4.85. The number of benzene rings is 3. The fourth-order valence-corrected chi connectivity index (χ4v) is 6.61. The molecular weight excluding hydrogens is 473 g/mol. The number of rotatable bonds is 6. The molecule has 4 aromatic rings. The Labute approximate surface area is 236 Å². The maximum atomic E-state index is 2.70. The number of aryl methyl sites for hydroxylation is 2. The molecule has 0 saturated heterocycles. The lowest BCUT2D eigenvalue weighted by Crippen LogP contribution is -2.71. The van der Waals surface area contributed by atoms with Crippen LogP contribution in [0.5, 0.6) is 0 Å². The van der Waals surface area contributed by atoms with Gasteiger partial charge < -0.3 is 4.81 Å². The summed E-state index contributed by atoms with van der Waals surface area (Å²) in [4.78, 5) is 2.70. The van der Waals surface area contributed by atoms with Crippen molar-refractivity contribution in [3.63, 3.8) is 0 Å². The van der Waals surface area contributed by atoms with Crippen LogP contribution in [-0.2, 0) is 7.05 Å². The number of imidazole rings is 1. The van der Waals surface area contributed by atoms with Crippen LogP contribution in [0.1, 0.15) is 107 Å². The van der Waals surface area contributed by atoms with Crippen LogP contribution in [0, 0.1) is 6.92 Å². The molecule has 0 fully saturated rings. The molecule has 4 heteroatoms. The molecule has 1 aromatic heterocycles. The second kappa shape index (κ2) is 10.4. The Bertz CT molecular complexity index is 1460. The first-order valence-electron chi connectivity index (χ1n) is 14.8. The third kappa shape index (κ3) is 4.42. The molecule has 1 aliphatic heterocycles. The summed E-state index contributed by atoms with van der Waals surface area (Å²) in [5.41, 5.74) is 12.4. The van der Waals surface area contributed by atoms with Crippen LogP contribution in [0.3, 0.4) is 0 Å². The Morgan fingerprint density at radius 1 is 0.667 bits per heavy atom. The van der Waals surface area contributed by atoms with Gasteiger partial charge in [0.05, 0.1) is 12.6 Å². The average molecular weight is 519 g/mol. The summed E-state index contributed by atoms with van der Waals surface area (Å²) in [7, 11) is 2.19. The topological polar surface area (TPSA) is 12.0 Å². The van der Waals surface area contributed by atoms with E-state index in [9.17, 15) is 0 Å². The van der Waals surface area contributed by atoms with Crippen LogP contribution in [0.15, 0.2) is 67.0 Å². The van der Waals surface area contributed by atoms with Crippen LogP contribution < -0.4 is 14.8 Å². The average Bonchev–Trinajstić information content (AvgIpc) is 3.27. The zero-order valence-corrected chi connectivity index (χ0v) is 25.6. The van der Waals surface area contributed by atoms with Crippen molar-refractivity contribution in [2.75, 3.05) is 4.81 Å². The van der Waals surface area contributed by atoms with Gasteiger partial charge in [-0.15, -0.1) is 0 Å². The molecule has 0 aliphatic carbocycles. The molecule has 0 bridgehead atoms. The molecule has 0 radical (unpaired) electrons. The summed E-state index contributed by atoms with van der Waals surface area (Å²) in [6, 6.07) is 20.8.